The molecule has 46 atom stereocenters. The number of hydrogen-bond donors (Lipinski definition) is 31. The molecule has 0 aromatic rings. The van der Waals surface area contributed by atoms with Gasteiger partial charge in [-0.3, -0.25) is 19.2 Å². The molecule has 9 rings (SSSR count). The Morgan fingerprint density at radius 3 is 1.28 bits per heavy atom. The zero-order chi connectivity index (χ0) is 87.3. The van der Waals surface area contributed by atoms with Crippen LogP contribution in [0.4, 0.5) is 0 Å². The van der Waals surface area contributed by atoms with Gasteiger partial charge in [0, 0.05) is 27.2 Å². The van der Waals surface area contributed by atoms with Crippen molar-refractivity contribution in [2.45, 2.75) is 316 Å². The summed E-state index contributed by atoms with van der Waals surface area (Å²) in [6.07, 6.45) is -88.8. The van der Waals surface area contributed by atoms with E-state index in [2.05, 4.69) is 21.3 Å². The summed E-state index contributed by atoms with van der Waals surface area (Å²) in [7, 11) is 0. The highest BCUT2D eigenvalue weighted by atomic mass is 16.8. The largest absolute Gasteiger partial charge is 0.477 e. The summed E-state index contributed by atoms with van der Waals surface area (Å²) in [6.45, 7) is -6.27. The summed E-state index contributed by atoms with van der Waals surface area (Å²) in [5, 5.41) is 308. The lowest BCUT2D eigenvalue weighted by Crippen LogP contribution is -2.71. The number of nitrogens with one attached hydrogen (secondary N) is 4. The smallest absolute Gasteiger partial charge is 0.364 e. The third kappa shape index (κ3) is 21.4. The molecule has 0 bridgehead atoms. The van der Waals surface area contributed by atoms with Crippen LogP contribution in [0.25, 0.3) is 0 Å². The van der Waals surface area contributed by atoms with Crippen LogP contribution in [0.3, 0.4) is 0 Å². The molecule has 53 heteroatoms. The quantitative estimate of drug-likeness (QED) is 0.0297. The number of aliphatic hydroxyl groups is 26. The van der Waals surface area contributed by atoms with Gasteiger partial charge in [-0.25, -0.2) is 4.79 Å². The maximum Gasteiger partial charge on any atom is 0.364 e. The Morgan fingerprint density at radius 2 is 0.780 bits per heavy atom. The molecule has 0 aromatic carbocycles. The fraction of sp³-hybridized carbons (Fsp3) is 0.923. The van der Waals surface area contributed by atoms with E-state index in [9.17, 15) is 162 Å². The standard InChI is InChI=1S/C65H108N4O49/c1-15-33(83)42(92)45(95)59(104-15)103-14-27-51(39(89)30(56(99)105-27)66-16(2)77)112-57-31(67-17(3)78)40(90)49(24(10-74)109-57)113-61-47(97)53(38(88)26(111-61)13-102-60-46(96)43(93)35(85)21(7-71)106-60)115-63-55(44(94)36(86)22(8-72)108-63)116-58-32(68-18(4)79)41(91)50(25(11-75)110-58)114-62-48(98)54(37(87)23(9-73)107-62)118-65(64(100)101)5-19(80)29(69-28(82)12-76)52(117-65)34(84)20(81)6-70/h15,19-27,29-63,70-76,80-81,83-99H,5-14H2,1-4H3,(H,66,77)(H,67,78)(H,68,79)(H,69,82)(H,100,101)/t15-,19+,20-,21-,22-,23-,24-,25-,26-,27-,29-,30-,31-,32-,33+,34-,35-,36-,37+,38-,39-,40-,41-,42+,43+,44+,45-,46+,47+,48-,49-,50-,51-,52-,53+,54+,55+,56+,57-,58+,59+,60+,61+,62+,63-,65+/m1/s1. The molecule has 9 aliphatic rings. The minimum absolute atomic E-state index is 0.832. The van der Waals surface area contributed by atoms with E-state index in [0.29, 0.717) is 0 Å². The monoisotopic (exact) mass is 1730 g/mol. The number of carbonyl (C=O) groups excluding carboxylic acids is 4. The lowest BCUT2D eigenvalue weighted by Gasteiger charge is -2.51. The number of aliphatic carboxylic acids is 1. The number of carboxylic acids is 1. The van der Waals surface area contributed by atoms with Crippen molar-refractivity contribution in [2.24, 2.45) is 0 Å². The van der Waals surface area contributed by atoms with Crippen molar-refractivity contribution in [3.8, 4) is 0 Å². The van der Waals surface area contributed by atoms with Crippen molar-refractivity contribution in [3.63, 3.8) is 0 Å². The van der Waals surface area contributed by atoms with Gasteiger partial charge in [0.25, 0.3) is 5.79 Å². The van der Waals surface area contributed by atoms with E-state index in [1.165, 1.54) is 6.92 Å². The summed E-state index contributed by atoms with van der Waals surface area (Å²) >= 11 is 0. The van der Waals surface area contributed by atoms with E-state index in [4.69, 9.17) is 80.5 Å². The number of rotatable bonds is 32. The molecule has 0 unspecified atom stereocenters. The van der Waals surface area contributed by atoms with Crippen molar-refractivity contribution in [3.05, 3.63) is 0 Å². The number of carboxylic acid groups (broad SMARTS) is 1. The van der Waals surface area contributed by atoms with Crippen LogP contribution in [-0.2, 0) is 104 Å². The lowest BCUT2D eigenvalue weighted by atomic mass is 9.88. The highest BCUT2D eigenvalue weighted by Gasteiger charge is 2.63. The van der Waals surface area contributed by atoms with Gasteiger partial charge < -0.3 is 240 Å². The van der Waals surface area contributed by atoms with E-state index in [-0.39, 0.29) is 0 Å². The molecular weight excluding hydrogens is 1620 g/mol. The Kier molecular flexibility index (Phi) is 34.7. The van der Waals surface area contributed by atoms with Crippen LogP contribution in [-0.4, -0.2) is 509 Å². The van der Waals surface area contributed by atoms with Gasteiger partial charge in [0.2, 0.25) is 23.6 Å². The Labute approximate surface area is 666 Å². The predicted octanol–water partition coefficient (Wildman–Crippen LogP) is -20.8. The van der Waals surface area contributed by atoms with E-state index in [1.54, 1.807) is 0 Å². The Morgan fingerprint density at radius 1 is 0.381 bits per heavy atom. The van der Waals surface area contributed by atoms with Crippen LogP contribution in [0, 0.1) is 0 Å². The first-order chi connectivity index (χ1) is 55.6. The van der Waals surface area contributed by atoms with Crippen molar-refractivity contribution in [1.82, 2.24) is 21.3 Å². The van der Waals surface area contributed by atoms with Gasteiger partial charge in [-0.05, 0) is 6.92 Å². The summed E-state index contributed by atoms with van der Waals surface area (Å²) in [5.74, 6) is -9.64. The molecule has 0 saturated carbocycles. The van der Waals surface area contributed by atoms with Crippen molar-refractivity contribution in [1.29, 1.82) is 0 Å². The first kappa shape index (κ1) is 97.4. The second-order valence-corrected chi connectivity index (χ2v) is 29.6. The van der Waals surface area contributed by atoms with Gasteiger partial charge in [-0.1, -0.05) is 0 Å². The molecule has 9 aliphatic heterocycles. The summed E-state index contributed by atoms with van der Waals surface area (Å²) in [5.41, 5.74) is 0. The molecule has 9 heterocycles. The topological polar surface area (TPSA) is 837 Å². The average molecular weight is 1730 g/mol. The summed E-state index contributed by atoms with van der Waals surface area (Å²) in [6, 6.07) is -7.72. The number of amides is 4. The molecule has 682 valence electrons. The van der Waals surface area contributed by atoms with Crippen LogP contribution in [0.15, 0.2) is 0 Å². The first-order valence-corrected chi connectivity index (χ1v) is 37.3. The minimum Gasteiger partial charge on any atom is -0.477 e. The van der Waals surface area contributed by atoms with Gasteiger partial charge in [0.05, 0.1) is 71.1 Å². The van der Waals surface area contributed by atoms with E-state index in [1.807, 2.05) is 0 Å². The zero-order valence-electron chi connectivity index (χ0n) is 63.1. The highest BCUT2D eigenvalue weighted by molar-refractivity contribution is 5.78. The Balaban J connectivity index is 1.00. The molecule has 4 amide bonds. The maximum absolute atomic E-state index is 13.3. The minimum atomic E-state index is -3.36. The van der Waals surface area contributed by atoms with Gasteiger partial charge in [0.15, 0.2) is 50.3 Å². The Bertz CT molecular complexity index is 3210. The first-order valence-electron chi connectivity index (χ1n) is 37.3. The number of carbonyl (C=O) groups is 5. The molecule has 9 saturated heterocycles. The second-order valence-electron chi connectivity index (χ2n) is 29.6. The molecule has 9 fully saturated rings. The number of ether oxygens (including phenoxy) is 17. The van der Waals surface area contributed by atoms with Crippen LogP contribution >= 0.6 is 0 Å². The van der Waals surface area contributed by atoms with Crippen LogP contribution < -0.4 is 21.3 Å². The van der Waals surface area contributed by atoms with Gasteiger partial charge in [0.1, 0.15) is 214 Å². The number of hydrogen-bond acceptors (Lipinski definition) is 48. The third-order valence-corrected chi connectivity index (χ3v) is 21.4. The van der Waals surface area contributed by atoms with Crippen LogP contribution in [0.5, 0.6) is 0 Å². The number of aliphatic hydroxyl groups excluding tert-OH is 26. The van der Waals surface area contributed by atoms with E-state index < -0.39 is 377 Å². The van der Waals surface area contributed by atoms with Crippen LogP contribution in [0.1, 0.15) is 34.1 Å². The molecule has 118 heavy (non-hydrogen) atoms. The van der Waals surface area contributed by atoms with E-state index >= 15 is 0 Å². The zero-order valence-corrected chi connectivity index (χ0v) is 63.1. The lowest BCUT2D eigenvalue weighted by molar-refractivity contribution is -0.400. The molecule has 0 radical (unpaired) electrons. The molecule has 31 N–H and O–H groups in total. The summed E-state index contributed by atoms with van der Waals surface area (Å²) in [4.78, 5) is 64.2. The molecule has 0 aromatic heterocycles. The molecule has 53 nitrogen and oxygen atoms in total. The van der Waals surface area contributed by atoms with Crippen LogP contribution in [0.2, 0.25) is 0 Å². The van der Waals surface area contributed by atoms with Crippen molar-refractivity contribution >= 4 is 29.6 Å². The van der Waals surface area contributed by atoms with Gasteiger partial charge in [-0.2, -0.15) is 0 Å². The Hall–Kier alpha value is -4.37. The molecule has 0 spiro atoms. The predicted molar refractivity (Wildman–Crippen MR) is 361 cm³/mol. The molecule has 0 aliphatic carbocycles. The normalized spacial score (nSPS) is 47.6. The van der Waals surface area contributed by atoms with Crippen molar-refractivity contribution < 1.29 is 242 Å². The fourth-order valence-corrected chi connectivity index (χ4v) is 15.0. The summed E-state index contributed by atoms with van der Waals surface area (Å²) < 4.78 is 99.8. The molecular formula is C65H108N4O49. The third-order valence-electron chi connectivity index (χ3n) is 21.4. The fourth-order valence-electron chi connectivity index (χ4n) is 15.0. The SMILES string of the molecule is CC(=O)N[C@@H]1[C@@H](O)[C@H](O[C@H]2O[C@H](CO)[C@@H](O[C@@H]3O[C@H](CO[C@H]4O[C@H](CO)[C@@H](O)[C@H](O)[C@@H]4O)[C@@H](O)[C@H](O[C@H]4O[C@H](CO)[C@@H](O)[C@H](O)[C@@H]4O[C@@H]4O[C@H](CO)[C@@H](O[C@@H]5O[C@H](CO)[C@H](O)[C@H](O[C@]6(C(=O)O)C[C@H](O)[C@@H](NC(=O)CO)[C@H]([C@H](O)[C@H](O)CO)O6)[C@H]5O)[C@H](O)[C@H]4NC(C)=O)[C@@H]3O)[C@H](O)[C@H]2NC(C)=O)[C@@H](CO[C@H]2O[C@H](C)[C@H](O)[C@H](O)[C@H]2O)O[C@@H]1O. The maximum atomic E-state index is 13.3. The average Bonchev–Trinajstić information content (AvgIpc) is 0.751. The van der Waals surface area contributed by atoms with E-state index in [0.717, 1.165) is 20.8 Å². The van der Waals surface area contributed by atoms with Crippen molar-refractivity contribution in [2.75, 3.05) is 59.5 Å². The van der Waals surface area contributed by atoms with Gasteiger partial charge >= 0.3 is 5.97 Å². The second kappa shape index (κ2) is 42.1. The van der Waals surface area contributed by atoms with Gasteiger partial charge in [-0.15, -0.1) is 0 Å². The highest BCUT2D eigenvalue weighted by Crippen LogP contribution is 2.42.